The normalized spacial score (nSPS) is 14.9. The number of H-pyrrole nitrogens is 1. The Bertz CT molecular complexity index is 1140. The largest absolute Gasteiger partial charge is 0.742 e. The van der Waals surface area contributed by atoms with Crippen LogP contribution in [0.25, 0.3) is 11.4 Å². The second-order valence-electron chi connectivity index (χ2n) is 6.10. The maximum Gasteiger partial charge on any atom is 0.255 e. The van der Waals surface area contributed by atoms with Crippen LogP contribution in [0.5, 0.6) is 0 Å². The summed E-state index contributed by atoms with van der Waals surface area (Å²) in [5, 5.41) is -0.607. The molecule has 1 aliphatic heterocycles. The Morgan fingerprint density at radius 3 is 2.74 bits per heavy atom. The van der Waals surface area contributed by atoms with E-state index < -0.39 is 15.2 Å². The molecule has 3 aromatic heterocycles. The minimum atomic E-state index is -4.62. The molecule has 11 heteroatoms. The molecule has 0 saturated carbocycles. The number of aromatic amines is 1. The van der Waals surface area contributed by atoms with E-state index in [4.69, 9.17) is 4.42 Å². The Kier molecular flexibility index (Phi) is 4.34. The summed E-state index contributed by atoms with van der Waals surface area (Å²) in [4.78, 5) is 29.5. The van der Waals surface area contributed by atoms with Gasteiger partial charge in [-0.3, -0.25) is 9.69 Å². The van der Waals surface area contributed by atoms with E-state index in [1.807, 2.05) is 4.90 Å². The molecule has 1 aliphatic rings. The predicted octanol–water partition coefficient (Wildman–Crippen LogP) is 0.282. The lowest BCUT2D eigenvalue weighted by atomic mass is 10.1. The molecule has 0 aliphatic carbocycles. The van der Waals surface area contributed by atoms with Crippen molar-refractivity contribution in [3.8, 4) is 11.4 Å². The van der Waals surface area contributed by atoms with E-state index >= 15 is 0 Å². The van der Waals surface area contributed by atoms with Crippen LogP contribution in [0.15, 0.2) is 45.2 Å². The van der Waals surface area contributed by atoms with Gasteiger partial charge < -0.3 is 14.0 Å². The Balaban J connectivity index is 1.55. The van der Waals surface area contributed by atoms with Gasteiger partial charge in [0.2, 0.25) is 5.09 Å². The van der Waals surface area contributed by atoms with Gasteiger partial charge in [0.1, 0.15) is 17.9 Å². The van der Waals surface area contributed by atoms with Crippen LogP contribution in [0.2, 0.25) is 0 Å². The van der Waals surface area contributed by atoms with Crippen molar-refractivity contribution in [2.24, 2.45) is 0 Å². The first kappa shape index (κ1) is 17.5. The van der Waals surface area contributed by atoms with E-state index in [1.54, 1.807) is 12.4 Å². The van der Waals surface area contributed by atoms with Crippen LogP contribution < -0.4 is 5.56 Å². The molecule has 3 aromatic rings. The van der Waals surface area contributed by atoms with Crippen LogP contribution in [0.3, 0.4) is 0 Å². The van der Waals surface area contributed by atoms with Crippen LogP contribution in [0, 0.1) is 0 Å². The number of hydrogen-bond acceptors (Lipinski definition) is 9. The first-order valence-electron chi connectivity index (χ1n) is 8.04. The molecule has 0 atom stereocenters. The van der Waals surface area contributed by atoms with Gasteiger partial charge in [-0.2, -0.15) is 0 Å². The molecule has 27 heavy (non-hydrogen) atoms. The van der Waals surface area contributed by atoms with Crippen molar-refractivity contribution in [1.29, 1.82) is 0 Å². The third-order valence-electron chi connectivity index (χ3n) is 4.24. The molecular weight excluding hydrogens is 374 g/mol. The van der Waals surface area contributed by atoms with E-state index in [-0.39, 0.29) is 12.1 Å². The average Bonchev–Trinajstić information content (AvgIpc) is 3.12. The molecule has 10 nitrogen and oxygen atoms in total. The fourth-order valence-electron chi connectivity index (χ4n) is 2.97. The molecule has 4 heterocycles. The fourth-order valence-corrected chi connectivity index (χ4v) is 3.42. The summed E-state index contributed by atoms with van der Waals surface area (Å²) in [6, 6.07) is 2.58. The molecule has 4 rings (SSSR count). The maximum atomic E-state index is 12.5. The van der Waals surface area contributed by atoms with Gasteiger partial charge in [-0.05, 0) is 12.1 Å². The Hall–Kier alpha value is -2.89. The molecule has 0 saturated heterocycles. The van der Waals surface area contributed by atoms with Crippen LogP contribution >= 0.6 is 0 Å². The first-order valence-corrected chi connectivity index (χ1v) is 9.45. The Labute approximate surface area is 153 Å². The summed E-state index contributed by atoms with van der Waals surface area (Å²) in [7, 11) is -4.62. The minimum Gasteiger partial charge on any atom is -0.742 e. The number of aromatic nitrogens is 4. The van der Waals surface area contributed by atoms with E-state index in [0.717, 1.165) is 6.07 Å². The molecule has 140 valence electrons. The zero-order valence-electron chi connectivity index (χ0n) is 14.0. The number of rotatable bonds is 4. The van der Waals surface area contributed by atoms with Gasteiger partial charge in [0.25, 0.3) is 5.56 Å². The molecule has 0 fully saturated rings. The molecule has 0 amide bonds. The van der Waals surface area contributed by atoms with Crippen molar-refractivity contribution < 1.29 is 17.4 Å². The third-order valence-corrected chi connectivity index (χ3v) is 4.96. The molecule has 0 bridgehead atoms. The van der Waals surface area contributed by atoms with Crippen molar-refractivity contribution in [3.63, 3.8) is 0 Å². The van der Waals surface area contributed by atoms with Gasteiger partial charge in [-0.15, -0.1) is 0 Å². The highest BCUT2D eigenvalue weighted by atomic mass is 32.2. The highest BCUT2D eigenvalue weighted by molar-refractivity contribution is 7.85. The number of furan rings is 1. The topological polar surface area (TPSA) is 145 Å². The summed E-state index contributed by atoms with van der Waals surface area (Å²) in [5.41, 5.74) is 1.63. The number of nitrogens with zero attached hydrogens (tertiary/aromatic N) is 4. The first-order chi connectivity index (χ1) is 12.9. The van der Waals surface area contributed by atoms with Crippen molar-refractivity contribution >= 4 is 10.1 Å². The Morgan fingerprint density at radius 1 is 1.26 bits per heavy atom. The SMILES string of the molecule is O=c1[nH]c(-c2cncnc2)nc2c1CN(Cc1ccc(S(=O)(=O)[O-])o1)CC2. The van der Waals surface area contributed by atoms with E-state index in [2.05, 4.69) is 19.9 Å². The lowest BCUT2D eigenvalue weighted by Crippen LogP contribution is -2.35. The van der Waals surface area contributed by atoms with Gasteiger partial charge in [-0.1, -0.05) is 0 Å². The van der Waals surface area contributed by atoms with Crippen LogP contribution in [-0.2, 0) is 29.6 Å². The van der Waals surface area contributed by atoms with Crippen molar-refractivity contribution in [2.45, 2.75) is 24.6 Å². The highest BCUT2D eigenvalue weighted by Crippen LogP contribution is 2.21. The van der Waals surface area contributed by atoms with Gasteiger partial charge >= 0.3 is 0 Å². The van der Waals surface area contributed by atoms with Gasteiger partial charge in [0.15, 0.2) is 10.1 Å². The second-order valence-corrected chi connectivity index (χ2v) is 7.41. The lowest BCUT2D eigenvalue weighted by molar-refractivity contribution is 0.215. The van der Waals surface area contributed by atoms with E-state index in [9.17, 15) is 17.8 Å². The monoisotopic (exact) mass is 388 g/mol. The molecule has 0 unspecified atom stereocenters. The number of hydrogen-bond donors (Lipinski definition) is 1. The van der Waals surface area contributed by atoms with Crippen LogP contribution in [0.1, 0.15) is 17.0 Å². The van der Waals surface area contributed by atoms with Crippen molar-refractivity contribution in [3.05, 3.63) is 58.2 Å². The smallest absolute Gasteiger partial charge is 0.255 e. The molecule has 0 aromatic carbocycles. The lowest BCUT2D eigenvalue weighted by Gasteiger charge is -2.26. The maximum absolute atomic E-state index is 12.5. The quantitative estimate of drug-likeness (QED) is 0.623. The zero-order valence-corrected chi connectivity index (χ0v) is 14.8. The van der Waals surface area contributed by atoms with Crippen molar-refractivity contribution in [2.75, 3.05) is 6.54 Å². The predicted molar refractivity (Wildman–Crippen MR) is 90.4 cm³/mol. The summed E-state index contributed by atoms with van der Waals surface area (Å²) in [5.74, 6) is 0.763. The summed E-state index contributed by atoms with van der Waals surface area (Å²) in [6.45, 7) is 1.22. The average molecular weight is 388 g/mol. The number of fused-ring (bicyclic) bond motifs is 1. The molecule has 1 N–H and O–H groups in total. The standard InChI is InChI=1S/C16H15N5O5S/c22-16-12-8-21(7-11-1-2-14(26-11)27(23,24)25)4-3-13(12)19-15(20-16)10-5-17-9-18-6-10/h1-2,5-6,9H,3-4,7-8H2,(H,19,20,22)(H,23,24,25)/p-1. The summed E-state index contributed by atoms with van der Waals surface area (Å²) < 4.78 is 38.0. The Morgan fingerprint density at radius 2 is 2.04 bits per heavy atom. The molecular formula is C16H14N5O5S-. The van der Waals surface area contributed by atoms with Gasteiger partial charge in [-0.25, -0.2) is 23.4 Å². The number of nitrogens with one attached hydrogen (secondary N) is 1. The highest BCUT2D eigenvalue weighted by Gasteiger charge is 2.22. The molecule has 0 spiro atoms. The van der Waals surface area contributed by atoms with E-state index in [1.165, 1.54) is 12.4 Å². The zero-order chi connectivity index (χ0) is 19.0. The summed E-state index contributed by atoms with van der Waals surface area (Å²) in [6.07, 6.45) is 5.10. The fraction of sp³-hybridized carbons (Fsp3) is 0.250. The minimum absolute atomic E-state index is 0.245. The third kappa shape index (κ3) is 3.65. The molecule has 0 radical (unpaired) electrons. The van der Waals surface area contributed by atoms with Crippen molar-refractivity contribution in [1.82, 2.24) is 24.8 Å². The van der Waals surface area contributed by atoms with E-state index in [0.29, 0.717) is 47.9 Å². The van der Waals surface area contributed by atoms with Crippen LogP contribution in [0.4, 0.5) is 0 Å². The van der Waals surface area contributed by atoms with Gasteiger partial charge in [0, 0.05) is 31.9 Å². The second kappa shape index (κ2) is 6.68. The van der Waals surface area contributed by atoms with Crippen LogP contribution in [-0.4, -0.2) is 44.4 Å². The van der Waals surface area contributed by atoms with Gasteiger partial charge in [0.05, 0.1) is 23.4 Å². The summed E-state index contributed by atoms with van der Waals surface area (Å²) >= 11 is 0.